The van der Waals surface area contributed by atoms with Gasteiger partial charge in [-0.3, -0.25) is 9.47 Å². The summed E-state index contributed by atoms with van der Waals surface area (Å²) in [6, 6.07) is 9.94. The molecule has 0 N–H and O–H groups in total. The van der Waals surface area contributed by atoms with E-state index in [1.54, 1.807) is 7.11 Å². The third-order valence-corrected chi connectivity index (χ3v) is 5.33. The Kier molecular flexibility index (Phi) is 6.06. The standard InChI is InChI=1S/C22H27FN4O2/c1-3-21-25-20-12-16(14-29-15-26-10-8-17(23)9-11-26)13-24-22(20)27(21)18-4-6-19(28-2)7-5-18/h4-7,12-13,17H,3,8-11,14-15H2,1-2H3. The van der Waals surface area contributed by atoms with Crippen LogP contribution < -0.4 is 4.74 Å². The molecule has 0 amide bonds. The number of nitrogens with zero attached hydrogens (tertiary/aromatic N) is 4. The number of pyridine rings is 1. The summed E-state index contributed by atoms with van der Waals surface area (Å²) >= 11 is 0. The van der Waals surface area contributed by atoms with E-state index in [-0.39, 0.29) is 0 Å². The number of piperidine rings is 1. The van der Waals surface area contributed by atoms with Gasteiger partial charge in [0.05, 0.1) is 20.4 Å². The molecule has 0 unspecified atom stereocenters. The van der Waals surface area contributed by atoms with Crippen molar-refractivity contribution in [2.24, 2.45) is 0 Å². The molecule has 1 aromatic carbocycles. The molecule has 0 radical (unpaired) electrons. The summed E-state index contributed by atoms with van der Waals surface area (Å²) in [6.45, 7) is 4.58. The van der Waals surface area contributed by atoms with Crippen LogP contribution in [0.3, 0.4) is 0 Å². The van der Waals surface area contributed by atoms with Crippen molar-refractivity contribution in [3.8, 4) is 11.4 Å². The molecular weight excluding hydrogens is 371 g/mol. The molecule has 1 fully saturated rings. The van der Waals surface area contributed by atoms with Gasteiger partial charge in [-0.05, 0) is 48.7 Å². The smallest absolute Gasteiger partial charge is 0.164 e. The predicted octanol–water partition coefficient (Wildman–Crippen LogP) is 3.90. The highest BCUT2D eigenvalue weighted by atomic mass is 19.1. The van der Waals surface area contributed by atoms with E-state index in [4.69, 9.17) is 14.5 Å². The van der Waals surface area contributed by atoms with Gasteiger partial charge in [0, 0.05) is 31.4 Å². The lowest BCUT2D eigenvalue weighted by molar-refractivity contribution is -0.00128. The predicted molar refractivity (Wildman–Crippen MR) is 110 cm³/mol. The monoisotopic (exact) mass is 398 g/mol. The molecule has 4 rings (SSSR count). The Bertz CT molecular complexity index is 949. The summed E-state index contributed by atoms with van der Waals surface area (Å²) in [7, 11) is 1.66. The zero-order valence-corrected chi connectivity index (χ0v) is 17.0. The van der Waals surface area contributed by atoms with E-state index < -0.39 is 6.17 Å². The van der Waals surface area contributed by atoms with Gasteiger partial charge in [-0.15, -0.1) is 0 Å². The number of benzene rings is 1. The number of halogens is 1. The SMILES string of the molecule is CCc1nc2cc(COCN3CCC(F)CC3)cnc2n1-c1ccc(OC)cc1. The molecule has 7 heteroatoms. The quantitative estimate of drug-likeness (QED) is 0.604. The summed E-state index contributed by atoms with van der Waals surface area (Å²) in [6.07, 6.45) is 3.18. The maximum Gasteiger partial charge on any atom is 0.164 e. The molecular formula is C22H27FN4O2. The Morgan fingerprint density at radius 2 is 1.93 bits per heavy atom. The lowest BCUT2D eigenvalue weighted by atomic mass is 10.1. The van der Waals surface area contributed by atoms with Crippen LogP contribution in [0, 0.1) is 0 Å². The van der Waals surface area contributed by atoms with Crippen molar-refractivity contribution in [1.82, 2.24) is 19.4 Å². The number of aryl methyl sites for hydroxylation is 1. The normalized spacial score (nSPS) is 15.8. The molecule has 3 aromatic rings. The minimum atomic E-state index is -0.661. The molecule has 0 bridgehead atoms. The molecule has 29 heavy (non-hydrogen) atoms. The van der Waals surface area contributed by atoms with E-state index in [2.05, 4.69) is 21.4 Å². The van der Waals surface area contributed by atoms with Crippen LogP contribution in [0.4, 0.5) is 4.39 Å². The van der Waals surface area contributed by atoms with Gasteiger partial charge >= 0.3 is 0 Å². The van der Waals surface area contributed by atoms with Crippen LogP contribution in [0.5, 0.6) is 5.75 Å². The van der Waals surface area contributed by atoms with E-state index in [0.29, 0.717) is 26.2 Å². The van der Waals surface area contributed by atoms with Gasteiger partial charge in [-0.25, -0.2) is 14.4 Å². The second kappa shape index (κ2) is 8.88. The average molecular weight is 398 g/mol. The van der Waals surface area contributed by atoms with Gasteiger partial charge in [0.1, 0.15) is 23.3 Å². The Balaban J connectivity index is 1.49. The Morgan fingerprint density at radius 1 is 1.17 bits per heavy atom. The van der Waals surface area contributed by atoms with Crippen molar-refractivity contribution in [2.75, 3.05) is 26.9 Å². The summed E-state index contributed by atoms with van der Waals surface area (Å²) in [4.78, 5) is 11.6. The molecule has 0 saturated carbocycles. The number of rotatable bonds is 7. The van der Waals surface area contributed by atoms with E-state index >= 15 is 0 Å². The molecule has 0 atom stereocenters. The van der Waals surface area contributed by atoms with Gasteiger partial charge < -0.3 is 9.47 Å². The molecule has 0 aliphatic carbocycles. The summed E-state index contributed by atoms with van der Waals surface area (Å²) < 4.78 is 26.4. The van der Waals surface area contributed by atoms with E-state index in [9.17, 15) is 4.39 Å². The fourth-order valence-corrected chi connectivity index (χ4v) is 3.70. The Labute approximate surface area is 170 Å². The van der Waals surface area contributed by atoms with Crippen LogP contribution in [0.25, 0.3) is 16.9 Å². The number of aromatic nitrogens is 3. The van der Waals surface area contributed by atoms with E-state index in [1.807, 2.05) is 36.5 Å². The first kappa shape index (κ1) is 19.8. The molecule has 1 saturated heterocycles. The van der Waals surface area contributed by atoms with E-state index in [0.717, 1.165) is 53.5 Å². The second-order valence-corrected chi connectivity index (χ2v) is 7.37. The molecule has 6 nitrogen and oxygen atoms in total. The summed E-state index contributed by atoms with van der Waals surface area (Å²) in [5, 5.41) is 0. The Morgan fingerprint density at radius 3 is 2.62 bits per heavy atom. The van der Waals surface area contributed by atoms with Gasteiger partial charge in [0.25, 0.3) is 0 Å². The number of fused-ring (bicyclic) bond motifs is 1. The van der Waals surface area contributed by atoms with Crippen LogP contribution in [0.1, 0.15) is 31.2 Å². The van der Waals surface area contributed by atoms with Crippen LogP contribution in [0.2, 0.25) is 0 Å². The first-order valence-corrected chi connectivity index (χ1v) is 10.1. The topological polar surface area (TPSA) is 52.4 Å². The van der Waals surface area contributed by atoms with Crippen molar-refractivity contribution in [3.63, 3.8) is 0 Å². The summed E-state index contributed by atoms with van der Waals surface area (Å²) in [5.74, 6) is 1.78. The highest BCUT2D eigenvalue weighted by molar-refractivity contribution is 5.74. The number of ether oxygens (including phenoxy) is 2. The third kappa shape index (κ3) is 4.41. The molecule has 1 aliphatic rings. The van der Waals surface area contributed by atoms with Gasteiger partial charge in [-0.2, -0.15) is 0 Å². The molecule has 3 heterocycles. The Hall–Kier alpha value is -2.51. The zero-order chi connectivity index (χ0) is 20.2. The van der Waals surface area contributed by atoms with Crippen LogP contribution in [-0.2, 0) is 17.8 Å². The number of likely N-dealkylation sites (tertiary alicyclic amines) is 1. The number of methoxy groups -OCH3 is 1. The lowest BCUT2D eigenvalue weighted by Gasteiger charge is -2.27. The van der Waals surface area contributed by atoms with Crippen LogP contribution in [0.15, 0.2) is 36.5 Å². The molecule has 0 spiro atoms. The number of hydrogen-bond donors (Lipinski definition) is 0. The highest BCUT2D eigenvalue weighted by Crippen LogP contribution is 2.23. The number of hydrogen-bond acceptors (Lipinski definition) is 5. The van der Waals surface area contributed by atoms with Crippen molar-refractivity contribution in [2.45, 2.75) is 39.0 Å². The minimum Gasteiger partial charge on any atom is -0.497 e. The van der Waals surface area contributed by atoms with Crippen LogP contribution in [-0.4, -0.2) is 52.5 Å². The second-order valence-electron chi connectivity index (χ2n) is 7.37. The summed E-state index contributed by atoms with van der Waals surface area (Å²) in [5.41, 5.74) is 3.69. The number of imidazole rings is 1. The van der Waals surface area contributed by atoms with E-state index in [1.165, 1.54) is 0 Å². The van der Waals surface area contributed by atoms with Crippen molar-refractivity contribution >= 4 is 11.2 Å². The lowest BCUT2D eigenvalue weighted by Crippen LogP contribution is -2.35. The maximum absolute atomic E-state index is 13.2. The largest absolute Gasteiger partial charge is 0.497 e. The molecule has 1 aliphatic heterocycles. The average Bonchev–Trinajstić information content (AvgIpc) is 3.13. The van der Waals surface area contributed by atoms with Crippen molar-refractivity contribution < 1.29 is 13.9 Å². The zero-order valence-electron chi connectivity index (χ0n) is 17.0. The number of alkyl halides is 1. The fraction of sp³-hybridized carbons (Fsp3) is 0.455. The minimum absolute atomic E-state index is 0.468. The van der Waals surface area contributed by atoms with Gasteiger partial charge in [0.15, 0.2) is 5.65 Å². The van der Waals surface area contributed by atoms with Gasteiger partial charge in [-0.1, -0.05) is 6.92 Å². The van der Waals surface area contributed by atoms with Gasteiger partial charge in [0.2, 0.25) is 0 Å². The van der Waals surface area contributed by atoms with Crippen LogP contribution >= 0.6 is 0 Å². The van der Waals surface area contributed by atoms with Crippen molar-refractivity contribution in [1.29, 1.82) is 0 Å². The first-order chi connectivity index (χ1) is 14.2. The third-order valence-electron chi connectivity index (χ3n) is 5.33. The van der Waals surface area contributed by atoms with Crippen molar-refractivity contribution in [3.05, 3.63) is 47.9 Å². The molecule has 2 aromatic heterocycles. The molecule has 154 valence electrons. The maximum atomic E-state index is 13.2. The highest BCUT2D eigenvalue weighted by Gasteiger charge is 2.18. The fourth-order valence-electron chi connectivity index (χ4n) is 3.70. The first-order valence-electron chi connectivity index (χ1n) is 10.1.